The van der Waals surface area contributed by atoms with E-state index in [0.717, 1.165) is 5.56 Å². The molecule has 120 valence electrons. The van der Waals surface area contributed by atoms with E-state index in [1.54, 1.807) is 36.5 Å². The van der Waals surface area contributed by atoms with Crippen LogP contribution in [-0.4, -0.2) is 22.9 Å². The number of benzene rings is 1. The van der Waals surface area contributed by atoms with E-state index in [0.29, 0.717) is 22.5 Å². The van der Waals surface area contributed by atoms with Crippen LogP contribution < -0.4 is 11.1 Å². The molecule has 0 bridgehead atoms. The van der Waals surface area contributed by atoms with Gasteiger partial charge in [0, 0.05) is 36.3 Å². The number of hydrogen-bond acceptors (Lipinski definition) is 4. The minimum Gasteiger partial charge on any atom is -0.399 e. The third kappa shape index (κ3) is 3.08. The molecule has 0 spiro atoms. The van der Waals surface area contributed by atoms with Crippen molar-refractivity contribution in [2.24, 2.45) is 0 Å². The average molecular weight is 322 g/mol. The number of nitrogen functional groups attached to an aromatic ring is 1. The van der Waals surface area contributed by atoms with Gasteiger partial charge >= 0.3 is 0 Å². The summed E-state index contributed by atoms with van der Waals surface area (Å²) in [7, 11) is 1.54. The van der Waals surface area contributed by atoms with Crippen molar-refractivity contribution in [2.45, 2.75) is 0 Å². The maximum absolute atomic E-state index is 14.1. The maximum atomic E-state index is 14.1. The number of halogens is 1. The lowest BCUT2D eigenvalue weighted by Gasteiger charge is -2.08. The molecule has 5 nitrogen and oxygen atoms in total. The summed E-state index contributed by atoms with van der Waals surface area (Å²) in [6, 6.07) is 11.3. The zero-order chi connectivity index (χ0) is 17.1. The first-order chi connectivity index (χ1) is 11.6. The molecule has 24 heavy (non-hydrogen) atoms. The third-order valence-corrected chi connectivity index (χ3v) is 3.58. The van der Waals surface area contributed by atoms with Gasteiger partial charge in [-0.2, -0.15) is 0 Å². The van der Waals surface area contributed by atoms with Crippen LogP contribution in [-0.2, 0) is 0 Å². The Kier molecular flexibility index (Phi) is 4.20. The summed E-state index contributed by atoms with van der Waals surface area (Å²) >= 11 is 0. The number of carbonyl (C=O) groups excluding carboxylic acids is 1. The first-order valence-corrected chi connectivity index (χ1v) is 7.28. The predicted molar refractivity (Wildman–Crippen MR) is 90.7 cm³/mol. The quantitative estimate of drug-likeness (QED) is 0.727. The van der Waals surface area contributed by atoms with Crippen molar-refractivity contribution in [1.29, 1.82) is 0 Å². The lowest BCUT2D eigenvalue weighted by molar-refractivity contribution is 0.0958. The second-order valence-electron chi connectivity index (χ2n) is 5.18. The SMILES string of the molecule is CNC(=O)c1cc(-c2cc(-c3cc(N)ccc3F)ccn2)ccn1. The second-order valence-corrected chi connectivity index (χ2v) is 5.18. The van der Waals surface area contributed by atoms with Gasteiger partial charge in [-0.15, -0.1) is 0 Å². The number of rotatable bonds is 3. The van der Waals surface area contributed by atoms with E-state index >= 15 is 0 Å². The van der Waals surface area contributed by atoms with Gasteiger partial charge in [0.1, 0.15) is 11.5 Å². The average Bonchev–Trinajstić information content (AvgIpc) is 2.63. The summed E-state index contributed by atoms with van der Waals surface area (Å²) in [6.45, 7) is 0. The van der Waals surface area contributed by atoms with Crippen LogP contribution in [0, 0.1) is 5.82 Å². The van der Waals surface area contributed by atoms with Crippen LogP contribution in [0.4, 0.5) is 10.1 Å². The van der Waals surface area contributed by atoms with E-state index in [1.165, 1.54) is 25.4 Å². The summed E-state index contributed by atoms with van der Waals surface area (Å²) in [6.07, 6.45) is 3.13. The topological polar surface area (TPSA) is 80.9 Å². The zero-order valence-electron chi connectivity index (χ0n) is 13.0. The van der Waals surface area contributed by atoms with Crippen LogP contribution in [0.25, 0.3) is 22.4 Å². The molecule has 1 aromatic carbocycles. The number of aromatic nitrogens is 2. The number of nitrogens with two attached hydrogens (primary N) is 1. The van der Waals surface area contributed by atoms with Crippen LogP contribution in [0.15, 0.2) is 54.9 Å². The Morgan fingerprint density at radius 2 is 1.79 bits per heavy atom. The normalized spacial score (nSPS) is 10.4. The van der Waals surface area contributed by atoms with Crippen molar-refractivity contribution < 1.29 is 9.18 Å². The van der Waals surface area contributed by atoms with Crippen LogP contribution >= 0.6 is 0 Å². The molecule has 0 fully saturated rings. The van der Waals surface area contributed by atoms with E-state index in [-0.39, 0.29) is 17.4 Å². The molecule has 0 aliphatic rings. The highest BCUT2D eigenvalue weighted by Crippen LogP contribution is 2.28. The zero-order valence-corrected chi connectivity index (χ0v) is 13.0. The summed E-state index contributed by atoms with van der Waals surface area (Å²) in [5.74, 6) is -0.642. The molecule has 0 saturated carbocycles. The lowest BCUT2D eigenvalue weighted by atomic mass is 10.0. The van der Waals surface area contributed by atoms with Gasteiger partial charge in [-0.1, -0.05) is 0 Å². The molecule has 2 heterocycles. The van der Waals surface area contributed by atoms with Crippen molar-refractivity contribution in [2.75, 3.05) is 12.8 Å². The number of amides is 1. The molecule has 2 aromatic heterocycles. The Balaban J connectivity index is 2.05. The van der Waals surface area contributed by atoms with Gasteiger partial charge in [0.25, 0.3) is 5.91 Å². The largest absolute Gasteiger partial charge is 0.399 e. The lowest BCUT2D eigenvalue weighted by Crippen LogP contribution is -2.19. The second kappa shape index (κ2) is 6.45. The highest BCUT2D eigenvalue weighted by molar-refractivity contribution is 5.93. The first-order valence-electron chi connectivity index (χ1n) is 7.28. The van der Waals surface area contributed by atoms with Crippen LogP contribution in [0.1, 0.15) is 10.5 Å². The molecule has 3 N–H and O–H groups in total. The van der Waals surface area contributed by atoms with Gasteiger partial charge in [-0.3, -0.25) is 14.8 Å². The minimum atomic E-state index is -0.359. The van der Waals surface area contributed by atoms with E-state index in [9.17, 15) is 9.18 Å². The fourth-order valence-electron chi connectivity index (χ4n) is 2.36. The van der Waals surface area contributed by atoms with Gasteiger partial charge < -0.3 is 11.1 Å². The number of nitrogens with one attached hydrogen (secondary N) is 1. The first kappa shape index (κ1) is 15.6. The van der Waals surface area contributed by atoms with E-state index in [2.05, 4.69) is 15.3 Å². The highest BCUT2D eigenvalue weighted by atomic mass is 19.1. The van der Waals surface area contributed by atoms with E-state index in [4.69, 9.17) is 5.73 Å². The van der Waals surface area contributed by atoms with Gasteiger partial charge in [-0.25, -0.2) is 4.39 Å². The van der Waals surface area contributed by atoms with Gasteiger partial charge in [0.05, 0.1) is 5.69 Å². The highest BCUT2D eigenvalue weighted by Gasteiger charge is 2.10. The minimum absolute atomic E-state index is 0.283. The van der Waals surface area contributed by atoms with Crippen LogP contribution in [0.5, 0.6) is 0 Å². The Morgan fingerprint density at radius 1 is 1.04 bits per heavy atom. The Morgan fingerprint density at radius 3 is 2.58 bits per heavy atom. The number of pyridine rings is 2. The summed E-state index contributed by atoms with van der Waals surface area (Å²) in [4.78, 5) is 20.0. The van der Waals surface area contributed by atoms with Crippen molar-refractivity contribution in [3.8, 4) is 22.4 Å². The maximum Gasteiger partial charge on any atom is 0.269 e. The molecule has 3 rings (SSSR count). The Labute approximate surface area is 138 Å². The monoisotopic (exact) mass is 322 g/mol. The summed E-state index contributed by atoms with van der Waals surface area (Å²) in [5, 5.41) is 2.53. The van der Waals surface area contributed by atoms with Gasteiger partial charge in [-0.05, 0) is 48.0 Å². The molecule has 0 radical (unpaired) electrons. The third-order valence-electron chi connectivity index (χ3n) is 3.58. The van der Waals surface area contributed by atoms with Crippen LogP contribution in [0.2, 0.25) is 0 Å². The predicted octanol–water partition coefficient (Wildman–Crippen LogP) is 2.89. The van der Waals surface area contributed by atoms with Crippen LogP contribution in [0.3, 0.4) is 0 Å². The number of anilines is 1. The molecule has 0 atom stereocenters. The molecule has 3 aromatic rings. The Bertz CT molecular complexity index is 911. The summed E-state index contributed by atoms with van der Waals surface area (Å²) in [5.41, 5.74) is 8.91. The van der Waals surface area contributed by atoms with Crippen molar-refractivity contribution in [1.82, 2.24) is 15.3 Å². The molecular weight excluding hydrogens is 307 g/mol. The van der Waals surface area contributed by atoms with E-state index in [1.807, 2.05) is 0 Å². The molecule has 0 aliphatic carbocycles. The molecule has 6 heteroatoms. The number of carbonyl (C=O) groups is 1. The fourth-order valence-corrected chi connectivity index (χ4v) is 2.36. The number of hydrogen-bond donors (Lipinski definition) is 2. The molecule has 0 unspecified atom stereocenters. The molecule has 0 saturated heterocycles. The van der Waals surface area contributed by atoms with Gasteiger partial charge in [0.15, 0.2) is 0 Å². The number of nitrogens with zero attached hydrogens (tertiary/aromatic N) is 2. The smallest absolute Gasteiger partial charge is 0.269 e. The van der Waals surface area contributed by atoms with E-state index < -0.39 is 0 Å². The molecule has 1 amide bonds. The van der Waals surface area contributed by atoms with Crippen molar-refractivity contribution in [3.05, 3.63) is 66.4 Å². The fraction of sp³-hybridized carbons (Fsp3) is 0.0556. The van der Waals surface area contributed by atoms with Gasteiger partial charge in [0.2, 0.25) is 0 Å². The standard InChI is InChI=1S/C18H15FN4O/c1-21-18(24)17-9-12(5-7-23-17)16-8-11(4-6-22-16)14-10-13(20)2-3-15(14)19/h2-10H,20H2,1H3,(H,21,24). The van der Waals surface area contributed by atoms with Crippen molar-refractivity contribution in [3.63, 3.8) is 0 Å². The molecule has 0 aliphatic heterocycles. The Hall–Kier alpha value is -3.28. The summed E-state index contributed by atoms with van der Waals surface area (Å²) < 4.78 is 14.1. The molecular formula is C18H15FN4O. The van der Waals surface area contributed by atoms with Crippen molar-refractivity contribution >= 4 is 11.6 Å².